The van der Waals surface area contributed by atoms with Crippen molar-refractivity contribution < 1.29 is 15.0 Å². The van der Waals surface area contributed by atoms with Crippen molar-refractivity contribution in [3.63, 3.8) is 0 Å². The van der Waals surface area contributed by atoms with Gasteiger partial charge in [0.15, 0.2) is 0 Å². The maximum atomic E-state index is 11.3. The van der Waals surface area contributed by atoms with E-state index in [0.717, 1.165) is 30.6 Å². The normalized spacial score (nSPS) is 19.2. The third-order valence-electron chi connectivity index (χ3n) is 3.53. The van der Waals surface area contributed by atoms with E-state index in [2.05, 4.69) is 4.90 Å². The van der Waals surface area contributed by atoms with E-state index in [1.54, 1.807) is 6.07 Å². The van der Waals surface area contributed by atoms with Crippen LogP contribution < -0.4 is 4.90 Å². The molecule has 18 heavy (non-hydrogen) atoms. The van der Waals surface area contributed by atoms with Gasteiger partial charge in [-0.1, -0.05) is 6.07 Å². The Morgan fingerprint density at radius 3 is 2.94 bits per heavy atom. The minimum Gasteiger partial charge on any atom is -0.478 e. The summed E-state index contributed by atoms with van der Waals surface area (Å²) in [6.45, 7) is 2.98. The molecule has 98 valence electrons. The second-order valence-corrected chi connectivity index (χ2v) is 4.83. The molecule has 1 fully saturated rings. The van der Waals surface area contributed by atoms with Gasteiger partial charge < -0.3 is 15.1 Å². The highest BCUT2D eigenvalue weighted by Gasteiger charge is 2.27. The van der Waals surface area contributed by atoms with Crippen LogP contribution in [-0.2, 0) is 0 Å². The third kappa shape index (κ3) is 2.48. The van der Waals surface area contributed by atoms with Gasteiger partial charge in [0.05, 0.1) is 11.3 Å². The molecule has 2 rings (SSSR count). The number of aliphatic hydroxyl groups is 1. The number of hydrogen-bond donors (Lipinski definition) is 2. The molecule has 4 nitrogen and oxygen atoms in total. The van der Waals surface area contributed by atoms with Crippen LogP contribution in [0.25, 0.3) is 0 Å². The molecule has 1 aliphatic rings. The zero-order valence-corrected chi connectivity index (χ0v) is 10.6. The molecule has 1 aliphatic heterocycles. The second kappa shape index (κ2) is 5.40. The predicted octanol–water partition coefficient (Wildman–Crippen LogP) is 2.04. The topological polar surface area (TPSA) is 60.8 Å². The summed E-state index contributed by atoms with van der Waals surface area (Å²) >= 11 is 0. The number of aliphatic hydroxyl groups excluding tert-OH is 1. The zero-order chi connectivity index (χ0) is 13.1. The van der Waals surface area contributed by atoms with Gasteiger partial charge in [0.25, 0.3) is 0 Å². The molecule has 0 radical (unpaired) electrons. The summed E-state index contributed by atoms with van der Waals surface area (Å²) < 4.78 is 0. The van der Waals surface area contributed by atoms with E-state index in [-0.39, 0.29) is 12.6 Å². The van der Waals surface area contributed by atoms with Crippen molar-refractivity contribution >= 4 is 11.7 Å². The molecule has 1 aromatic rings. The quantitative estimate of drug-likeness (QED) is 0.857. The summed E-state index contributed by atoms with van der Waals surface area (Å²) in [6, 6.07) is 5.68. The lowest BCUT2D eigenvalue weighted by atomic mass is 10.1. The smallest absolute Gasteiger partial charge is 0.337 e. The van der Waals surface area contributed by atoms with E-state index in [4.69, 9.17) is 5.11 Å². The monoisotopic (exact) mass is 249 g/mol. The van der Waals surface area contributed by atoms with Crippen LogP contribution in [0, 0.1) is 6.92 Å². The van der Waals surface area contributed by atoms with E-state index in [1.807, 2.05) is 19.1 Å². The van der Waals surface area contributed by atoms with Gasteiger partial charge >= 0.3 is 5.97 Å². The van der Waals surface area contributed by atoms with Crippen molar-refractivity contribution in [2.75, 3.05) is 18.1 Å². The standard InChI is InChI=1S/C14H19NO3/c1-10-4-5-12(14(17)18)13(9-10)15-7-2-3-11(15)6-8-16/h4-5,9,11,16H,2-3,6-8H2,1H3,(H,17,18). The highest BCUT2D eigenvalue weighted by molar-refractivity contribution is 5.94. The first-order valence-electron chi connectivity index (χ1n) is 6.35. The number of benzene rings is 1. The Kier molecular flexibility index (Phi) is 3.87. The van der Waals surface area contributed by atoms with E-state index in [0.29, 0.717) is 12.0 Å². The van der Waals surface area contributed by atoms with Gasteiger partial charge in [0, 0.05) is 19.2 Å². The van der Waals surface area contributed by atoms with Crippen molar-refractivity contribution in [3.8, 4) is 0 Å². The molecule has 0 saturated carbocycles. The van der Waals surface area contributed by atoms with E-state index in [1.165, 1.54) is 0 Å². The Morgan fingerprint density at radius 1 is 1.50 bits per heavy atom. The van der Waals surface area contributed by atoms with Crippen LogP contribution in [-0.4, -0.2) is 35.4 Å². The highest BCUT2D eigenvalue weighted by atomic mass is 16.4. The molecule has 1 atom stereocenters. The largest absolute Gasteiger partial charge is 0.478 e. The summed E-state index contributed by atoms with van der Waals surface area (Å²) in [7, 11) is 0. The number of aromatic carboxylic acids is 1. The fraction of sp³-hybridized carbons (Fsp3) is 0.500. The first-order valence-corrected chi connectivity index (χ1v) is 6.35. The van der Waals surface area contributed by atoms with Gasteiger partial charge in [-0.15, -0.1) is 0 Å². The number of anilines is 1. The van der Waals surface area contributed by atoms with Crippen LogP contribution in [0.4, 0.5) is 5.69 Å². The lowest BCUT2D eigenvalue weighted by Gasteiger charge is -2.28. The average molecular weight is 249 g/mol. The van der Waals surface area contributed by atoms with Gasteiger partial charge in [-0.3, -0.25) is 0 Å². The van der Waals surface area contributed by atoms with E-state index >= 15 is 0 Å². The number of carbonyl (C=O) groups is 1. The number of rotatable bonds is 4. The lowest BCUT2D eigenvalue weighted by Crippen LogP contribution is -2.31. The van der Waals surface area contributed by atoms with Gasteiger partial charge in [-0.2, -0.15) is 0 Å². The highest BCUT2D eigenvalue weighted by Crippen LogP contribution is 2.31. The van der Waals surface area contributed by atoms with E-state index in [9.17, 15) is 9.90 Å². The molecule has 4 heteroatoms. The summed E-state index contributed by atoms with van der Waals surface area (Å²) in [5.41, 5.74) is 2.20. The molecule has 1 heterocycles. The molecule has 1 aromatic carbocycles. The Labute approximate surface area is 107 Å². The molecule has 0 amide bonds. The lowest BCUT2D eigenvalue weighted by molar-refractivity contribution is 0.0697. The zero-order valence-electron chi connectivity index (χ0n) is 10.6. The summed E-state index contributed by atoms with van der Waals surface area (Å²) in [4.78, 5) is 13.4. The molecule has 1 unspecified atom stereocenters. The number of hydrogen-bond acceptors (Lipinski definition) is 3. The Morgan fingerprint density at radius 2 is 2.28 bits per heavy atom. The van der Waals surface area contributed by atoms with Crippen molar-refractivity contribution in [3.05, 3.63) is 29.3 Å². The van der Waals surface area contributed by atoms with Gasteiger partial charge in [-0.05, 0) is 43.9 Å². The molecular weight excluding hydrogens is 230 g/mol. The Hall–Kier alpha value is -1.55. The van der Waals surface area contributed by atoms with Crippen LogP contribution >= 0.6 is 0 Å². The SMILES string of the molecule is Cc1ccc(C(=O)O)c(N2CCCC2CCO)c1. The number of nitrogens with zero attached hydrogens (tertiary/aromatic N) is 1. The average Bonchev–Trinajstić information content (AvgIpc) is 2.77. The van der Waals surface area contributed by atoms with Crippen molar-refractivity contribution in [2.45, 2.75) is 32.2 Å². The molecule has 2 N–H and O–H groups in total. The second-order valence-electron chi connectivity index (χ2n) is 4.83. The molecule has 0 aromatic heterocycles. The first kappa shape index (κ1) is 12.9. The van der Waals surface area contributed by atoms with Gasteiger partial charge in [-0.25, -0.2) is 4.79 Å². The molecule has 0 bridgehead atoms. The van der Waals surface area contributed by atoms with Crippen LogP contribution in [0.2, 0.25) is 0 Å². The minimum absolute atomic E-state index is 0.148. The summed E-state index contributed by atoms with van der Waals surface area (Å²) in [6.07, 6.45) is 2.78. The Balaban J connectivity index is 2.36. The van der Waals surface area contributed by atoms with Gasteiger partial charge in [0.2, 0.25) is 0 Å². The van der Waals surface area contributed by atoms with E-state index < -0.39 is 5.97 Å². The van der Waals surface area contributed by atoms with Crippen LogP contribution in [0.15, 0.2) is 18.2 Å². The third-order valence-corrected chi connectivity index (χ3v) is 3.53. The summed E-state index contributed by atoms with van der Waals surface area (Å²) in [5.74, 6) is -0.889. The molecule has 1 saturated heterocycles. The number of aryl methyl sites for hydroxylation is 1. The van der Waals surface area contributed by atoms with Crippen molar-refractivity contribution in [1.82, 2.24) is 0 Å². The van der Waals surface area contributed by atoms with Gasteiger partial charge in [0.1, 0.15) is 0 Å². The fourth-order valence-electron chi connectivity index (χ4n) is 2.66. The Bertz CT molecular complexity index is 445. The number of carboxylic acid groups (broad SMARTS) is 1. The predicted molar refractivity (Wildman–Crippen MR) is 70.2 cm³/mol. The van der Waals surface area contributed by atoms with Crippen molar-refractivity contribution in [2.24, 2.45) is 0 Å². The fourth-order valence-corrected chi connectivity index (χ4v) is 2.66. The van der Waals surface area contributed by atoms with Crippen LogP contribution in [0.1, 0.15) is 35.2 Å². The first-order chi connectivity index (χ1) is 8.63. The van der Waals surface area contributed by atoms with Crippen molar-refractivity contribution in [1.29, 1.82) is 0 Å². The molecular formula is C14H19NO3. The van der Waals surface area contributed by atoms with Crippen LogP contribution in [0.5, 0.6) is 0 Å². The number of carboxylic acids is 1. The molecule has 0 aliphatic carbocycles. The van der Waals surface area contributed by atoms with Crippen LogP contribution in [0.3, 0.4) is 0 Å². The molecule has 0 spiro atoms. The maximum Gasteiger partial charge on any atom is 0.337 e. The maximum absolute atomic E-state index is 11.3. The summed E-state index contributed by atoms with van der Waals surface area (Å²) in [5, 5.41) is 18.3. The minimum atomic E-state index is -0.889.